The van der Waals surface area contributed by atoms with Crippen LogP contribution in [0.25, 0.3) is 0 Å². The van der Waals surface area contributed by atoms with E-state index in [4.69, 9.17) is 9.05 Å². The first-order valence-electron chi connectivity index (χ1n) is 28.6. The number of nitrogens with one attached hydrogen (secondary N) is 1. The fourth-order valence-corrected chi connectivity index (χ4v) is 8.56. The van der Waals surface area contributed by atoms with Crippen molar-refractivity contribution in [3.63, 3.8) is 0 Å². The number of carbonyl (C=O) groups excluding carboxylic acids is 1. The Kier molecular flexibility index (Phi) is 49.4. The Morgan fingerprint density at radius 3 is 1.31 bits per heavy atom. The van der Waals surface area contributed by atoms with Crippen molar-refractivity contribution in [3.05, 3.63) is 97.2 Å². The highest BCUT2D eigenvalue weighted by atomic mass is 31.2. The molecule has 8 nitrogen and oxygen atoms in total. The van der Waals surface area contributed by atoms with Crippen LogP contribution in [0.5, 0.6) is 0 Å². The van der Waals surface area contributed by atoms with E-state index in [-0.39, 0.29) is 19.1 Å². The normalized spacial score (nSPS) is 14.7. The van der Waals surface area contributed by atoms with Gasteiger partial charge in [-0.15, -0.1) is 0 Å². The summed E-state index contributed by atoms with van der Waals surface area (Å²) in [5.41, 5.74) is 0. The van der Waals surface area contributed by atoms with Gasteiger partial charge in [0.2, 0.25) is 5.91 Å². The van der Waals surface area contributed by atoms with Crippen molar-refractivity contribution in [2.75, 3.05) is 40.9 Å². The van der Waals surface area contributed by atoms with Crippen molar-refractivity contribution < 1.29 is 32.9 Å². The number of likely N-dealkylation sites (N-methyl/N-ethyl adjacent to an activating group) is 1. The van der Waals surface area contributed by atoms with Gasteiger partial charge < -0.3 is 19.8 Å². The third-order valence-electron chi connectivity index (χ3n) is 12.3. The highest BCUT2D eigenvalue weighted by Crippen LogP contribution is 2.43. The average Bonchev–Trinajstić information content (AvgIpc) is 3.32. The molecule has 0 aromatic heterocycles. The lowest BCUT2D eigenvalue weighted by atomic mass is 10.0. The first-order valence-corrected chi connectivity index (χ1v) is 30.1. The maximum absolute atomic E-state index is 12.9. The molecule has 0 radical (unpaired) electrons. The van der Waals surface area contributed by atoms with Gasteiger partial charge >= 0.3 is 7.82 Å². The van der Waals surface area contributed by atoms with E-state index in [0.717, 1.165) is 77.0 Å². The number of rotatable bonds is 51. The van der Waals surface area contributed by atoms with Crippen molar-refractivity contribution in [1.29, 1.82) is 0 Å². The third-order valence-corrected chi connectivity index (χ3v) is 13.3. The second-order valence-electron chi connectivity index (χ2n) is 20.3. The number of nitrogens with zero attached hydrogens (tertiary/aromatic N) is 1. The SMILES string of the molecule is CC/C=C\C/C=C\C/C=C\C/C=C\C/C=C\C/C=C\CCCCCCCCCCCCCCCCCCCCCCC(=O)NC(COP(=O)(O)OCC[N+](C)(C)C)C(O)/C=C/CC/C=C/CCCCC. The van der Waals surface area contributed by atoms with Crippen LogP contribution in [0.4, 0.5) is 0 Å². The average molecular weight is 999 g/mol. The molecule has 9 heteroatoms. The molecule has 0 spiro atoms. The van der Waals surface area contributed by atoms with E-state index < -0.39 is 20.0 Å². The zero-order valence-electron chi connectivity index (χ0n) is 46.0. The lowest BCUT2D eigenvalue weighted by Crippen LogP contribution is -2.45. The summed E-state index contributed by atoms with van der Waals surface area (Å²) in [6, 6.07) is -0.863. The number of phosphoric acid groups is 1. The summed E-state index contributed by atoms with van der Waals surface area (Å²) in [6.45, 7) is 4.62. The fraction of sp³-hybridized carbons (Fsp3) is 0.721. The second-order valence-corrected chi connectivity index (χ2v) is 21.7. The maximum Gasteiger partial charge on any atom is 0.472 e. The molecule has 0 bridgehead atoms. The van der Waals surface area contributed by atoms with E-state index in [1.807, 2.05) is 27.2 Å². The molecule has 0 fully saturated rings. The molecule has 0 rings (SSSR count). The summed E-state index contributed by atoms with van der Waals surface area (Å²) in [7, 11) is 1.55. The van der Waals surface area contributed by atoms with Gasteiger partial charge in [0.05, 0.1) is 39.9 Å². The number of allylic oxidation sites excluding steroid dienone is 15. The lowest BCUT2D eigenvalue weighted by Gasteiger charge is -2.25. The number of unbranched alkanes of at least 4 members (excludes halogenated alkanes) is 24. The summed E-state index contributed by atoms with van der Waals surface area (Å²) < 4.78 is 23.5. The van der Waals surface area contributed by atoms with Gasteiger partial charge in [-0.2, -0.15) is 0 Å². The summed E-state index contributed by atoms with van der Waals surface area (Å²) in [6.07, 6.45) is 74.1. The van der Waals surface area contributed by atoms with Crippen LogP contribution >= 0.6 is 7.82 Å². The van der Waals surface area contributed by atoms with Crippen LogP contribution in [-0.4, -0.2) is 73.4 Å². The smallest absolute Gasteiger partial charge is 0.387 e. The van der Waals surface area contributed by atoms with Gasteiger partial charge in [0.15, 0.2) is 0 Å². The molecular weight excluding hydrogens is 888 g/mol. The minimum Gasteiger partial charge on any atom is -0.387 e. The highest BCUT2D eigenvalue weighted by Gasteiger charge is 2.27. The number of phosphoric ester groups is 1. The molecule has 3 N–H and O–H groups in total. The standard InChI is InChI=1S/C61H109N2O6P/c1-6-8-10-12-14-16-17-18-19-20-21-22-23-24-25-26-27-28-29-30-31-32-33-34-35-36-37-38-39-40-41-42-43-44-45-47-49-51-53-55-61(65)62-59(58-69-70(66,67)68-57-56-63(3,4)5)60(64)54-52-50-48-46-15-13-11-9-7-2/h8,10,14-16,18-19,21-22,24-25,27-28,46,52,54,59-60,64H,6-7,9,11-13,17,20,23,26,29-45,47-51,53,55-58H2,1-5H3,(H-,62,65,66,67)/p+1/b10-8-,16-14-,19-18-,22-21-,25-24-,28-27-,46-15+,54-52+. The summed E-state index contributed by atoms with van der Waals surface area (Å²) >= 11 is 0. The summed E-state index contributed by atoms with van der Waals surface area (Å²) in [5.74, 6) is -0.190. The Bertz CT molecular complexity index is 1460. The van der Waals surface area contributed by atoms with Gasteiger partial charge in [-0.1, -0.05) is 239 Å². The predicted molar refractivity (Wildman–Crippen MR) is 304 cm³/mol. The summed E-state index contributed by atoms with van der Waals surface area (Å²) in [4.78, 5) is 23.1. The minimum atomic E-state index is -4.35. The van der Waals surface area contributed by atoms with E-state index >= 15 is 0 Å². The van der Waals surface area contributed by atoms with Crippen molar-refractivity contribution in [2.45, 2.75) is 244 Å². The minimum absolute atomic E-state index is 0.0539. The Morgan fingerprint density at radius 1 is 0.500 bits per heavy atom. The lowest BCUT2D eigenvalue weighted by molar-refractivity contribution is -0.870. The van der Waals surface area contributed by atoms with E-state index in [0.29, 0.717) is 17.4 Å². The molecule has 0 saturated carbocycles. The molecule has 0 aromatic rings. The van der Waals surface area contributed by atoms with Crippen LogP contribution < -0.4 is 5.32 Å². The molecule has 1 amide bonds. The molecule has 0 aliphatic carbocycles. The van der Waals surface area contributed by atoms with Crippen molar-refractivity contribution in [3.8, 4) is 0 Å². The molecule has 0 saturated heterocycles. The number of aliphatic hydroxyl groups excluding tert-OH is 1. The van der Waals surface area contributed by atoms with E-state index in [1.54, 1.807) is 6.08 Å². The number of quaternary nitrogens is 1. The maximum atomic E-state index is 12.9. The third kappa shape index (κ3) is 53.2. The topological polar surface area (TPSA) is 105 Å². The number of aliphatic hydroxyl groups is 1. The highest BCUT2D eigenvalue weighted by molar-refractivity contribution is 7.47. The quantitative estimate of drug-likeness (QED) is 0.0243. The molecule has 70 heavy (non-hydrogen) atoms. The van der Waals surface area contributed by atoms with Crippen LogP contribution in [0, 0.1) is 0 Å². The molecule has 0 heterocycles. The van der Waals surface area contributed by atoms with Gasteiger partial charge in [-0.05, 0) is 83.5 Å². The number of amides is 1. The van der Waals surface area contributed by atoms with Gasteiger partial charge in [-0.25, -0.2) is 4.57 Å². The van der Waals surface area contributed by atoms with Crippen LogP contribution in [-0.2, 0) is 18.4 Å². The van der Waals surface area contributed by atoms with Crippen LogP contribution in [0.15, 0.2) is 97.2 Å². The first-order chi connectivity index (χ1) is 34.0. The Hall–Kier alpha value is -2.58. The molecular formula is C61H110N2O6P+. The number of carbonyl (C=O) groups is 1. The first kappa shape index (κ1) is 67.4. The van der Waals surface area contributed by atoms with E-state index in [1.165, 1.54) is 135 Å². The Balaban J connectivity index is 3.88. The van der Waals surface area contributed by atoms with E-state index in [9.17, 15) is 19.4 Å². The monoisotopic (exact) mass is 998 g/mol. The van der Waals surface area contributed by atoms with Crippen molar-refractivity contribution in [1.82, 2.24) is 5.32 Å². The van der Waals surface area contributed by atoms with Crippen LogP contribution in [0.2, 0.25) is 0 Å². The Morgan fingerprint density at radius 2 is 0.871 bits per heavy atom. The molecule has 0 aliphatic heterocycles. The number of hydrogen-bond acceptors (Lipinski definition) is 5. The fourth-order valence-electron chi connectivity index (χ4n) is 7.83. The molecule has 0 aromatic carbocycles. The van der Waals surface area contributed by atoms with E-state index in [2.05, 4.69) is 104 Å². The van der Waals surface area contributed by atoms with Gasteiger partial charge in [0, 0.05) is 6.42 Å². The molecule has 404 valence electrons. The van der Waals surface area contributed by atoms with Gasteiger partial charge in [0.25, 0.3) is 0 Å². The molecule has 3 unspecified atom stereocenters. The van der Waals surface area contributed by atoms with Crippen LogP contribution in [0.3, 0.4) is 0 Å². The van der Waals surface area contributed by atoms with Gasteiger partial charge in [0.1, 0.15) is 13.2 Å². The molecule has 0 aliphatic rings. The zero-order chi connectivity index (χ0) is 51.3. The van der Waals surface area contributed by atoms with Crippen LogP contribution in [0.1, 0.15) is 232 Å². The molecule has 3 atom stereocenters. The number of hydrogen-bond donors (Lipinski definition) is 3. The Labute approximate surface area is 432 Å². The second kappa shape index (κ2) is 51.3. The van der Waals surface area contributed by atoms with Crippen molar-refractivity contribution >= 4 is 13.7 Å². The van der Waals surface area contributed by atoms with Gasteiger partial charge in [-0.3, -0.25) is 13.8 Å². The summed E-state index contributed by atoms with van der Waals surface area (Å²) in [5, 5.41) is 13.8. The predicted octanol–water partition coefficient (Wildman–Crippen LogP) is 17.4. The van der Waals surface area contributed by atoms with Crippen molar-refractivity contribution in [2.24, 2.45) is 0 Å². The largest absolute Gasteiger partial charge is 0.472 e. The zero-order valence-corrected chi connectivity index (χ0v) is 46.9.